The van der Waals surface area contributed by atoms with Crippen molar-refractivity contribution in [1.82, 2.24) is 4.90 Å². The predicted octanol–water partition coefficient (Wildman–Crippen LogP) is 3.43. The second-order valence-electron chi connectivity index (χ2n) is 5.22. The zero-order valence-electron chi connectivity index (χ0n) is 11.7. The highest BCUT2D eigenvalue weighted by atomic mass is 32.1. The maximum Gasteiger partial charge on any atom is 0.0481 e. The molecule has 2 heterocycles. The van der Waals surface area contributed by atoms with E-state index >= 15 is 0 Å². The summed E-state index contributed by atoms with van der Waals surface area (Å²) in [5.74, 6) is 0.635. The summed E-state index contributed by atoms with van der Waals surface area (Å²) in [6.07, 6.45) is 5.10. The van der Waals surface area contributed by atoms with E-state index in [9.17, 15) is 0 Å². The molecule has 0 amide bonds. The molecule has 102 valence electrons. The minimum Gasteiger partial charge on any atom is -0.330 e. The Bertz CT molecular complexity index is 347. The van der Waals surface area contributed by atoms with Crippen molar-refractivity contribution in [1.29, 1.82) is 0 Å². The Morgan fingerprint density at radius 3 is 2.78 bits per heavy atom. The lowest BCUT2D eigenvalue weighted by Crippen LogP contribution is -2.35. The van der Waals surface area contributed by atoms with E-state index in [0.717, 1.165) is 19.5 Å². The van der Waals surface area contributed by atoms with Crippen LogP contribution in [-0.4, -0.2) is 24.5 Å². The monoisotopic (exact) mass is 266 g/mol. The molecular weight excluding hydrogens is 240 g/mol. The second kappa shape index (κ2) is 6.69. The van der Waals surface area contributed by atoms with Crippen LogP contribution >= 0.6 is 11.3 Å². The van der Waals surface area contributed by atoms with Crippen LogP contribution in [-0.2, 0) is 6.42 Å². The molecule has 3 heteroatoms. The van der Waals surface area contributed by atoms with Crippen molar-refractivity contribution in [3.8, 4) is 0 Å². The first-order valence-electron chi connectivity index (χ1n) is 7.32. The minimum atomic E-state index is 0.563. The first-order valence-corrected chi connectivity index (χ1v) is 8.14. The largest absolute Gasteiger partial charge is 0.330 e. The van der Waals surface area contributed by atoms with Crippen LogP contribution in [0.1, 0.15) is 48.9 Å². The van der Waals surface area contributed by atoms with E-state index in [1.54, 1.807) is 0 Å². The average molecular weight is 266 g/mol. The smallest absolute Gasteiger partial charge is 0.0481 e. The number of hydrogen-bond donors (Lipinski definition) is 1. The fourth-order valence-corrected chi connectivity index (χ4v) is 4.26. The van der Waals surface area contributed by atoms with Gasteiger partial charge in [-0.1, -0.05) is 20.3 Å². The first-order chi connectivity index (χ1) is 8.80. The normalized spacial score (nSPS) is 26.2. The third-order valence-electron chi connectivity index (χ3n) is 4.14. The van der Waals surface area contributed by atoms with Gasteiger partial charge in [-0.3, -0.25) is 4.90 Å². The van der Waals surface area contributed by atoms with Crippen LogP contribution in [0.5, 0.6) is 0 Å². The standard InChI is InChI=1S/C15H26N2S/c1-3-13-8-9-14(18-13)15-12(11-16)7-5-6-10-17(15)4-2/h8-9,12,15H,3-7,10-11,16H2,1-2H3. The Labute approximate surface area is 115 Å². The zero-order valence-corrected chi connectivity index (χ0v) is 12.5. The van der Waals surface area contributed by atoms with E-state index in [-0.39, 0.29) is 0 Å². The molecule has 18 heavy (non-hydrogen) atoms. The average Bonchev–Trinajstić information content (AvgIpc) is 2.77. The highest BCUT2D eigenvalue weighted by Gasteiger charge is 2.30. The summed E-state index contributed by atoms with van der Waals surface area (Å²) < 4.78 is 0. The van der Waals surface area contributed by atoms with Gasteiger partial charge in [-0.15, -0.1) is 11.3 Å². The lowest BCUT2D eigenvalue weighted by molar-refractivity contribution is 0.170. The topological polar surface area (TPSA) is 29.3 Å². The molecule has 1 fully saturated rings. The first kappa shape index (κ1) is 14.0. The Balaban J connectivity index is 2.26. The van der Waals surface area contributed by atoms with Gasteiger partial charge in [-0.2, -0.15) is 0 Å². The molecule has 2 rings (SSSR count). The summed E-state index contributed by atoms with van der Waals surface area (Å²) in [6.45, 7) is 7.71. The number of likely N-dealkylation sites (tertiary alicyclic amines) is 1. The van der Waals surface area contributed by atoms with E-state index in [4.69, 9.17) is 5.73 Å². The Morgan fingerprint density at radius 1 is 1.33 bits per heavy atom. The van der Waals surface area contributed by atoms with Crippen LogP contribution < -0.4 is 5.73 Å². The number of hydrogen-bond acceptors (Lipinski definition) is 3. The summed E-state index contributed by atoms with van der Waals surface area (Å²) in [7, 11) is 0. The zero-order chi connectivity index (χ0) is 13.0. The molecule has 2 atom stereocenters. The van der Waals surface area contributed by atoms with Gasteiger partial charge in [-0.05, 0) is 56.9 Å². The minimum absolute atomic E-state index is 0.563. The van der Waals surface area contributed by atoms with Gasteiger partial charge in [0, 0.05) is 15.8 Å². The Hall–Kier alpha value is -0.380. The fourth-order valence-electron chi connectivity index (χ4n) is 3.07. The predicted molar refractivity (Wildman–Crippen MR) is 80.1 cm³/mol. The molecule has 0 bridgehead atoms. The number of thiophene rings is 1. The molecular formula is C15H26N2S. The molecule has 1 saturated heterocycles. The van der Waals surface area contributed by atoms with Crippen molar-refractivity contribution in [3.63, 3.8) is 0 Å². The third kappa shape index (κ3) is 2.95. The Morgan fingerprint density at radius 2 is 2.17 bits per heavy atom. The van der Waals surface area contributed by atoms with Gasteiger partial charge >= 0.3 is 0 Å². The third-order valence-corrected chi connectivity index (χ3v) is 5.44. The van der Waals surface area contributed by atoms with Crippen molar-refractivity contribution in [3.05, 3.63) is 21.9 Å². The van der Waals surface area contributed by atoms with E-state index < -0.39 is 0 Å². The van der Waals surface area contributed by atoms with Crippen LogP contribution in [0.15, 0.2) is 12.1 Å². The number of rotatable bonds is 4. The molecule has 1 aliphatic heterocycles. The van der Waals surface area contributed by atoms with E-state index in [1.165, 1.54) is 35.6 Å². The van der Waals surface area contributed by atoms with Crippen LogP contribution in [0.4, 0.5) is 0 Å². The van der Waals surface area contributed by atoms with E-state index in [2.05, 4.69) is 30.9 Å². The molecule has 2 unspecified atom stereocenters. The molecule has 0 spiro atoms. The number of nitrogens with zero attached hydrogens (tertiary/aromatic N) is 1. The van der Waals surface area contributed by atoms with Gasteiger partial charge < -0.3 is 5.73 Å². The lowest BCUT2D eigenvalue weighted by atomic mass is 9.93. The molecule has 2 N–H and O–H groups in total. The van der Waals surface area contributed by atoms with Gasteiger partial charge in [0.05, 0.1) is 0 Å². The maximum atomic E-state index is 6.03. The van der Waals surface area contributed by atoms with Crippen molar-refractivity contribution in [2.24, 2.45) is 11.7 Å². The molecule has 0 radical (unpaired) electrons. The second-order valence-corrected chi connectivity index (χ2v) is 6.42. The van der Waals surface area contributed by atoms with Crippen LogP contribution in [0.25, 0.3) is 0 Å². The summed E-state index contributed by atoms with van der Waals surface area (Å²) in [5.41, 5.74) is 6.03. The highest BCUT2D eigenvalue weighted by molar-refractivity contribution is 7.12. The highest BCUT2D eigenvalue weighted by Crippen LogP contribution is 2.37. The van der Waals surface area contributed by atoms with Gasteiger partial charge in [-0.25, -0.2) is 0 Å². The van der Waals surface area contributed by atoms with Crippen LogP contribution in [0.2, 0.25) is 0 Å². The van der Waals surface area contributed by atoms with Crippen LogP contribution in [0.3, 0.4) is 0 Å². The summed E-state index contributed by atoms with van der Waals surface area (Å²) in [5, 5.41) is 0. The summed E-state index contributed by atoms with van der Waals surface area (Å²) in [6, 6.07) is 5.20. The Kier molecular flexibility index (Phi) is 5.22. The molecule has 0 aromatic carbocycles. The molecule has 0 saturated carbocycles. The maximum absolute atomic E-state index is 6.03. The molecule has 1 aromatic heterocycles. The fraction of sp³-hybridized carbons (Fsp3) is 0.733. The number of aryl methyl sites for hydroxylation is 1. The van der Waals surface area contributed by atoms with Crippen molar-refractivity contribution >= 4 is 11.3 Å². The number of nitrogens with two attached hydrogens (primary N) is 1. The summed E-state index contributed by atoms with van der Waals surface area (Å²) >= 11 is 1.99. The molecule has 0 aliphatic carbocycles. The molecule has 1 aromatic rings. The van der Waals surface area contributed by atoms with Gasteiger partial charge in [0.25, 0.3) is 0 Å². The SMILES string of the molecule is CCc1ccc(C2C(CN)CCCCN2CC)s1. The van der Waals surface area contributed by atoms with Gasteiger partial charge in [0.15, 0.2) is 0 Å². The van der Waals surface area contributed by atoms with E-state index in [0.29, 0.717) is 12.0 Å². The molecule has 1 aliphatic rings. The summed E-state index contributed by atoms with van der Waals surface area (Å²) in [4.78, 5) is 5.67. The lowest BCUT2D eigenvalue weighted by Gasteiger charge is -2.33. The van der Waals surface area contributed by atoms with Gasteiger partial charge in [0.1, 0.15) is 0 Å². The van der Waals surface area contributed by atoms with Gasteiger partial charge in [0.2, 0.25) is 0 Å². The molecule has 2 nitrogen and oxygen atoms in total. The van der Waals surface area contributed by atoms with Crippen molar-refractivity contribution in [2.45, 2.75) is 45.6 Å². The van der Waals surface area contributed by atoms with Crippen molar-refractivity contribution < 1.29 is 0 Å². The van der Waals surface area contributed by atoms with E-state index in [1.807, 2.05) is 11.3 Å². The quantitative estimate of drug-likeness (QED) is 0.904. The van der Waals surface area contributed by atoms with Crippen molar-refractivity contribution in [2.75, 3.05) is 19.6 Å². The van der Waals surface area contributed by atoms with Crippen LogP contribution in [0, 0.1) is 5.92 Å².